The van der Waals surface area contributed by atoms with Crippen molar-refractivity contribution in [1.82, 2.24) is 18.4 Å². The summed E-state index contributed by atoms with van der Waals surface area (Å²) in [4.78, 5) is 15.8. The van der Waals surface area contributed by atoms with Gasteiger partial charge in [0, 0.05) is 38.6 Å². The standard InChI is InChI=1S/C14H14N4O4S/c1-16-11-3-2-10(8-12(11)22-14(16)19)23(20,21)18-7-6-17-5-4-15-13(17)9-18/h2-5,8H,6-7,9H2,1H3. The van der Waals surface area contributed by atoms with E-state index in [0.29, 0.717) is 24.4 Å². The van der Waals surface area contributed by atoms with E-state index in [4.69, 9.17) is 4.42 Å². The molecule has 2 aromatic heterocycles. The summed E-state index contributed by atoms with van der Waals surface area (Å²) in [7, 11) is -2.09. The van der Waals surface area contributed by atoms with E-state index in [-0.39, 0.29) is 17.0 Å². The Morgan fingerprint density at radius 1 is 1.26 bits per heavy atom. The fourth-order valence-electron chi connectivity index (χ4n) is 2.78. The van der Waals surface area contributed by atoms with E-state index < -0.39 is 15.8 Å². The second kappa shape index (κ2) is 4.80. The molecule has 3 aromatic rings. The Hall–Kier alpha value is -2.39. The van der Waals surface area contributed by atoms with Crippen LogP contribution in [0.3, 0.4) is 0 Å². The molecular formula is C14H14N4O4S. The van der Waals surface area contributed by atoms with Crippen molar-refractivity contribution in [2.75, 3.05) is 6.54 Å². The van der Waals surface area contributed by atoms with Crippen LogP contribution in [0.4, 0.5) is 0 Å². The number of aryl methyl sites for hydroxylation is 1. The van der Waals surface area contributed by atoms with Crippen LogP contribution in [0.25, 0.3) is 11.1 Å². The van der Waals surface area contributed by atoms with Crippen molar-refractivity contribution in [3.63, 3.8) is 0 Å². The highest BCUT2D eigenvalue weighted by Crippen LogP contribution is 2.24. The molecule has 3 heterocycles. The average Bonchev–Trinajstić information content (AvgIpc) is 3.11. The van der Waals surface area contributed by atoms with Gasteiger partial charge in [-0.3, -0.25) is 4.57 Å². The lowest BCUT2D eigenvalue weighted by Gasteiger charge is -2.26. The zero-order valence-electron chi connectivity index (χ0n) is 12.3. The molecule has 1 aromatic carbocycles. The van der Waals surface area contributed by atoms with Gasteiger partial charge in [0.2, 0.25) is 10.0 Å². The Kier molecular flexibility index (Phi) is 2.97. The van der Waals surface area contributed by atoms with Crippen LogP contribution in [0, 0.1) is 0 Å². The van der Waals surface area contributed by atoms with Crippen molar-refractivity contribution >= 4 is 21.1 Å². The molecule has 0 saturated heterocycles. The topological polar surface area (TPSA) is 90.3 Å². The smallest absolute Gasteiger partial charge is 0.408 e. The van der Waals surface area contributed by atoms with Crippen LogP contribution in [-0.4, -0.2) is 33.4 Å². The summed E-state index contributed by atoms with van der Waals surface area (Å²) in [5.74, 6) is 0.196. The van der Waals surface area contributed by atoms with E-state index in [2.05, 4.69) is 4.98 Å². The molecule has 8 nitrogen and oxygen atoms in total. The maximum absolute atomic E-state index is 12.8. The third-order valence-corrected chi connectivity index (χ3v) is 5.95. The quantitative estimate of drug-likeness (QED) is 0.682. The van der Waals surface area contributed by atoms with Crippen molar-refractivity contribution in [1.29, 1.82) is 0 Å². The van der Waals surface area contributed by atoms with Gasteiger partial charge in [-0.05, 0) is 12.1 Å². The zero-order valence-corrected chi connectivity index (χ0v) is 13.2. The number of oxazole rings is 1. The molecule has 1 aliphatic heterocycles. The zero-order chi connectivity index (χ0) is 16.2. The Labute approximate surface area is 131 Å². The predicted octanol–water partition coefficient (Wildman–Crippen LogP) is 0.532. The molecule has 9 heteroatoms. The molecule has 0 atom stereocenters. The van der Waals surface area contributed by atoms with Gasteiger partial charge in [-0.2, -0.15) is 4.31 Å². The first-order valence-electron chi connectivity index (χ1n) is 7.06. The van der Waals surface area contributed by atoms with Crippen LogP contribution in [0.15, 0.2) is 44.7 Å². The molecule has 0 radical (unpaired) electrons. The molecule has 1 aliphatic rings. The third-order valence-electron chi connectivity index (χ3n) is 4.11. The second-order valence-corrected chi connectivity index (χ2v) is 7.37. The first-order chi connectivity index (χ1) is 11.0. The summed E-state index contributed by atoms with van der Waals surface area (Å²) in [5.41, 5.74) is 0.820. The van der Waals surface area contributed by atoms with Gasteiger partial charge in [0.1, 0.15) is 5.82 Å². The predicted molar refractivity (Wildman–Crippen MR) is 81.3 cm³/mol. The Morgan fingerprint density at radius 2 is 2.09 bits per heavy atom. The van der Waals surface area contributed by atoms with Crippen molar-refractivity contribution in [3.8, 4) is 0 Å². The number of rotatable bonds is 2. The van der Waals surface area contributed by atoms with E-state index in [0.717, 1.165) is 0 Å². The minimum atomic E-state index is -3.67. The number of benzene rings is 1. The summed E-state index contributed by atoms with van der Waals surface area (Å²) < 4.78 is 35.4. The SMILES string of the molecule is Cn1c(=O)oc2cc(S(=O)(=O)N3CCn4ccnc4C3)ccc21. The van der Waals surface area contributed by atoms with Gasteiger partial charge in [-0.1, -0.05) is 0 Å². The summed E-state index contributed by atoms with van der Waals surface area (Å²) in [5, 5.41) is 0. The maximum Gasteiger partial charge on any atom is 0.419 e. The lowest BCUT2D eigenvalue weighted by atomic mass is 10.3. The summed E-state index contributed by atoms with van der Waals surface area (Å²) in [6, 6.07) is 4.47. The monoisotopic (exact) mass is 334 g/mol. The van der Waals surface area contributed by atoms with Crippen LogP contribution < -0.4 is 5.76 Å². The molecule has 0 unspecified atom stereocenters. The van der Waals surface area contributed by atoms with Crippen molar-refractivity contribution in [2.45, 2.75) is 18.0 Å². The number of nitrogens with zero attached hydrogens (tertiary/aromatic N) is 4. The van der Waals surface area contributed by atoms with Crippen LogP contribution >= 0.6 is 0 Å². The van der Waals surface area contributed by atoms with Crippen molar-refractivity contribution in [2.24, 2.45) is 7.05 Å². The molecule has 0 bridgehead atoms. The number of hydrogen-bond acceptors (Lipinski definition) is 5. The number of fused-ring (bicyclic) bond motifs is 2. The normalized spacial score (nSPS) is 15.9. The van der Waals surface area contributed by atoms with Crippen molar-refractivity contribution < 1.29 is 12.8 Å². The van der Waals surface area contributed by atoms with Gasteiger partial charge in [0.25, 0.3) is 0 Å². The van der Waals surface area contributed by atoms with E-state index in [1.165, 1.54) is 21.0 Å². The molecule has 0 amide bonds. The molecule has 0 fully saturated rings. The Morgan fingerprint density at radius 3 is 2.91 bits per heavy atom. The minimum absolute atomic E-state index is 0.111. The van der Waals surface area contributed by atoms with Gasteiger partial charge < -0.3 is 8.98 Å². The Balaban J connectivity index is 1.76. The first kappa shape index (κ1) is 14.2. The minimum Gasteiger partial charge on any atom is -0.408 e. The largest absolute Gasteiger partial charge is 0.419 e. The highest BCUT2D eigenvalue weighted by Gasteiger charge is 2.29. The first-order valence-corrected chi connectivity index (χ1v) is 8.50. The van der Waals surface area contributed by atoms with Crippen LogP contribution in [0.2, 0.25) is 0 Å². The molecule has 0 N–H and O–H groups in total. The molecule has 0 aliphatic carbocycles. The summed E-state index contributed by atoms with van der Waals surface area (Å²) in [6.07, 6.45) is 3.50. The highest BCUT2D eigenvalue weighted by atomic mass is 32.2. The summed E-state index contributed by atoms with van der Waals surface area (Å²) >= 11 is 0. The van der Waals surface area contributed by atoms with Gasteiger partial charge in [0.05, 0.1) is 17.0 Å². The van der Waals surface area contributed by atoms with Crippen LogP contribution in [0.1, 0.15) is 5.82 Å². The number of sulfonamides is 1. The third kappa shape index (κ3) is 2.12. The lowest BCUT2D eigenvalue weighted by molar-refractivity contribution is 0.335. The average molecular weight is 334 g/mol. The van der Waals surface area contributed by atoms with E-state index in [1.807, 2.05) is 10.8 Å². The molecule has 0 spiro atoms. The number of imidazole rings is 1. The van der Waals surface area contributed by atoms with Gasteiger partial charge in [-0.15, -0.1) is 0 Å². The van der Waals surface area contributed by atoms with Crippen LogP contribution in [-0.2, 0) is 30.2 Å². The second-order valence-electron chi connectivity index (χ2n) is 5.43. The van der Waals surface area contributed by atoms with E-state index in [1.54, 1.807) is 19.3 Å². The molecule has 4 rings (SSSR count). The molecule has 0 saturated carbocycles. The maximum atomic E-state index is 12.8. The highest BCUT2D eigenvalue weighted by molar-refractivity contribution is 7.89. The molecule has 23 heavy (non-hydrogen) atoms. The van der Waals surface area contributed by atoms with Gasteiger partial charge >= 0.3 is 5.76 Å². The van der Waals surface area contributed by atoms with Crippen LogP contribution in [0.5, 0.6) is 0 Å². The fraction of sp³-hybridized carbons (Fsp3) is 0.286. The lowest BCUT2D eigenvalue weighted by Crippen LogP contribution is -2.38. The number of hydrogen-bond donors (Lipinski definition) is 0. The number of aromatic nitrogens is 3. The van der Waals surface area contributed by atoms with Gasteiger partial charge in [0.15, 0.2) is 5.58 Å². The summed E-state index contributed by atoms with van der Waals surface area (Å²) in [6.45, 7) is 1.17. The molecule has 120 valence electrons. The van der Waals surface area contributed by atoms with Crippen molar-refractivity contribution in [3.05, 3.63) is 47.0 Å². The Bertz CT molecular complexity index is 1060. The molecular weight excluding hydrogens is 320 g/mol. The van der Waals surface area contributed by atoms with Gasteiger partial charge in [-0.25, -0.2) is 18.2 Å². The van der Waals surface area contributed by atoms with E-state index >= 15 is 0 Å². The fourth-order valence-corrected chi connectivity index (χ4v) is 4.18. The van der Waals surface area contributed by atoms with E-state index in [9.17, 15) is 13.2 Å².